The topological polar surface area (TPSA) is 88.7 Å². The molecule has 3 N–H and O–H groups in total. The van der Waals surface area contributed by atoms with Gasteiger partial charge in [-0.1, -0.05) is 20.8 Å². The SMILES string of the molecule is CCCOc1ccc(C(=O)NC(=S)NNC(=O)c2ccc(OCC(C)C)cc2)cc1Br. The Morgan fingerprint density at radius 2 is 1.68 bits per heavy atom. The highest BCUT2D eigenvalue weighted by atomic mass is 79.9. The van der Waals surface area contributed by atoms with Gasteiger partial charge in [-0.2, -0.15) is 0 Å². The molecule has 0 aliphatic heterocycles. The summed E-state index contributed by atoms with van der Waals surface area (Å²) in [4.78, 5) is 24.6. The second kappa shape index (κ2) is 12.3. The molecule has 166 valence electrons. The highest BCUT2D eigenvalue weighted by Crippen LogP contribution is 2.26. The molecule has 9 heteroatoms. The molecule has 0 aliphatic carbocycles. The summed E-state index contributed by atoms with van der Waals surface area (Å²) in [5, 5.41) is 2.48. The van der Waals surface area contributed by atoms with E-state index >= 15 is 0 Å². The molecule has 2 rings (SSSR count). The molecule has 0 aliphatic rings. The van der Waals surface area contributed by atoms with E-state index in [0.29, 0.717) is 46.2 Å². The molecule has 0 spiro atoms. The Morgan fingerprint density at radius 3 is 2.29 bits per heavy atom. The van der Waals surface area contributed by atoms with Gasteiger partial charge in [0, 0.05) is 11.1 Å². The minimum absolute atomic E-state index is 0.0299. The summed E-state index contributed by atoms with van der Waals surface area (Å²) in [6.07, 6.45) is 0.885. The van der Waals surface area contributed by atoms with Crippen molar-refractivity contribution in [2.24, 2.45) is 5.92 Å². The Labute approximate surface area is 196 Å². The summed E-state index contributed by atoms with van der Waals surface area (Å²) in [6, 6.07) is 11.7. The van der Waals surface area contributed by atoms with Gasteiger partial charge in [0.15, 0.2) is 5.11 Å². The second-order valence-corrected chi connectivity index (χ2v) is 8.35. The van der Waals surface area contributed by atoms with Gasteiger partial charge in [-0.3, -0.25) is 25.8 Å². The number of hydrogen-bond acceptors (Lipinski definition) is 5. The fourth-order valence-corrected chi connectivity index (χ4v) is 2.97. The number of carbonyl (C=O) groups is 2. The van der Waals surface area contributed by atoms with E-state index in [4.69, 9.17) is 21.7 Å². The Balaban J connectivity index is 1.83. The average Bonchev–Trinajstić information content (AvgIpc) is 2.75. The van der Waals surface area contributed by atoms with Crippen LogP contribution in [0, 0.1) is 5.92 Å². The third-order valence-corrected chi connectivity index (χ3v) is 4.70. The summed E-state index contributed by atoms with van der Waals surface area (Å²) in [6.45, 7) is 7.33. The first kappa shape index (κ1) is 24.6. The van der Waals surface area contributed by atoms with Gasteiger partial charge in [-0.15, -0.1) is 0 Å². The molecule has 2 amide bonds. The normalized spacial score (nSPS) is 10.4. The number of halogens is 1. The molecule has 0 bridgehead atoms. The van der Waals surface area contributed by atoms with Crippen LogP contribution in [0.2, 0.25) is 0 Å². The van der Waals surface area contributed by atoms with Gasteiger partial charge in [-0.25, -0.2) is 0 Å². The van der Waals surface area contributed by atoms with Crippen LogP contribution in [-0.4, -0.2) is 30.1 Å². The molecule has 0 fully saturated rings. The van der Waals surface area contributed by atoms with Crippen LogP contribution in [0.5, 0.6) is 11.5 Å². The lowest BCUT2D eigenvalue weighted by atomic mass is 10.2. The number of rotatable bonds is 8. The summed E-state index contributed by atoms with van der Waals surface area (Å²) in [7, 11) is 0. The van der Waals surface area contributed by atoms with Gasteiger partial charge in [-0.05, 0) is 83.0 Å². The van der Waals surface area contributed by atoms with Crippen LogP contribution in [0.3, 0.4) is 0 Å². The van der Waals surface area contributed by atoms with Crippen molar-refractivity contribution in [2.45, 2.75) is 27.2 Å². The van der Waals surface area contributed by atoms with E-state index in [9.17, 15) is 9.59 Å². The van der Waals surface area contributed by atoms with Crippen LogP contribution in [0.1, 0.15) is 47.9 Å². The van der Waals surface area contributed by atoms with E-state index in [1.165, 1.54) is 0 Å². The lowest BCUT2D eigenvalue weighted by Crippen LogP contribution is -2.48. The third kappa shape index (κ3) is 8.18. The zero-order chi connectivity index (χ0) is 22.8. The average molecular weight is 508 g/mol. The predicted octanol–water partition coefficient (Wildman–Crippen LogP) is 4.22. The van der Waals surface area contributed by atoms with Crippen molar-refractivity contribution < 1.29 is 19.1 Å². The van der Waals surface area contributed by atoms with E-state index < -0.39 is 11.8 Å². The molecule has 2 aromatic carbocycles. The van der Waals surface area contributed by atoms with Crippen LogP contribution in [0.4, 0.5) is 0 Å². The summed E-state index contributed by atoms with van der Waals surface area (Å²) in [5.41, 5.74) is 5.79. The molecular formula is C22H26BrN3O4S. The van der Waals surface area contributed by atoms with Crippen LogP contribution < -0.4 is 25.6 Å². The monoisotopic (exact) mass is 507 g/mol. The molecular weight excluding hydrogens is 482 g/mol. The smallest absolute Gasteiger partial charge is 0.269 e. The minimum atomic E-state index is -0.416. The zero-order valence-corrected chi connectivity index (χ0v) is 20.1. The van der Waals surface area contributed by atoms with E-state index in [0.717, 1.165) is 6.42 Å². The Morgan fingerprint density at radius 1 is 1.00 bits per heavy atom. The van der Waals surface area contributed by atoms with Gasteiger partial charge >= 0.3 is 0 Å². The van der Waals surface area contributed by atoms with Crippen molar-refractivity contribution in [1.82, 2.24) is 16.2 Å². The molecule has 2 aromatic rings. The zero-order valence-electron chi connectivity index (χ0n) is 17.7. The van der Waals surface area contributed by atoms with Crippen LogP contribution >= 0.6 is 28.1 Å². The van der Waals surface area contributed by atoms with Crippen molar-refractivity contribution in [3.63, 3.8) is 0 Å². The highest BCUT2D eigenvalue weighted by Gasteiger charge is 2.12. The van der Waals surface area contributed by atoms with Crippen molar-refractivity contribution >= 4 is 45.1 Å². The van der Waals surface area contributed by atoms with Gasteiger partial charge < -0.3 is 9.47 Å². The van der Waals surface area contributed by atoms with E-state index in [2.05, 4.69) is 45.9 Å². The molecule has 0 unspecified atom stereocenters. The molecule has 0 aromatic heterocycles. The molecule has 0 heterocycles. The molecule has 7 nitrogen and oxygen atoms in total. The largest absolute Gasteiger partial charge is 0.493 e. The number of hydrogen-bond donors (Lipinski definition) is 3. The fourth-order valence-electron chi connectivity index (χ4n) is 2.33. The molecule has 0 saturated heterocycles. The summed E-state index contributed by atoms with van der Waals surface area (Å²) in [5.74, 6) is 0.954. The van der Waals surface area contributed by atoms with Crippen LogP contribution in [0.25, 0.3) is 0 Å². The van der Waals surface area contributed by atoms with E-state index in [1.807, 2.05) is 6.92 Å². The van der Waals surface area contributed by atoms with Gasteiger partial charge in [0.25, 0.3) is 11.8 Å². The number of thiocarbonyl (C=S) groups is 1. The number of nitrogens with one attached hydrogen (secondary N) is 3. The van der Waals surface area contributed by atoms with Gasteiger partial charge in [0.1, 0.15) is 11.5 Å². The number of carbonyl (C=O) groups excluding carboxylic acids is 2. The van der Waals surface area contributed by atoms with Crippen molar-refractivity contribution in [1.29, 1.82) is 0 Å². The summed E-state index contributed by atoms with van der Waals surface area (Å²) < 4.78 is 11.8. The minimum Gasteiger partial charge on any atom is -0.493 e. The third-order valence-electron chi connectivity index (χ3n) is 3.87. The second-order valence-electron chi connectivity index (χ2n) is 7.09. The van der Waals surface area contributed by atoms with Gasteiger partial charge in [0.05, 0.1) is 17.7 Å². The molecule has 0 atom stereocenters. The highest BCUT2D eigenvalue weighted by molar-refractivity contribution is 9.10. The van der Waals surface area contributed by atoms with Crippen molar-refractivity contribution in [3.05, 3.63) is 58.1 Å². The number of benzene rings is 2. The maximum absolute atomic E-state index is 12.4. The van der Waals surface area contributed by atoms with E-state index in [-0.39, 0.29) is 5.11 Å². The lowest BCUT2D eigenvalue weighted by molar-refractivity contribution is 0.0934. The van der Waals surface area contributed by atoms with Crippen molar-refractivity contribution in [3.8, 4) is 11.5 Å². The fraction of sp³-hybridized carbons (Fsp3) is 0.318. The number of amides is 2. The maximum Gasteiger partial charge on any atom is 0.269 e. The number of hydrazine groups is 1. The Hall–Kier alpha value is -2.65. The first-order valence-corrected chi connectivity index (χ1v) is 11.1. The van der Waals surface area contributed by atoms with Crippen LogP contribution in [-0.2, 0) is 0 Å². The summed E-state index contributed by atoms with van der Waals surface area (Å²) >= 11 is 8.47. The molecule has 0 saturated carbocycles. The quantitative estimate of drug-likeness (QED) is 0.366. The first-order chi connectivity index (χ1) is 14.8. The molecule has 0 radical (unpaired) electrons. The number of ether oxygens (including phenoxy) is 2. The van der Waals surface area contributed by atoms with Crippen molar-refractivity contribution in [2.75, 3.05) is 13.2 Å². The lowest BCUT2D eigenvalue weighted by Gasteiger charge is -2.12. The maximum atomic E-state index is 12.4. The van der Waals surface area contributed by atoms with Gasteiger partial charge in [0.2, 0.25) is 0 Å². The first-order valence-electron chi connectivity index (χ1n) is 9.87. The predicted molar refractivity (Wildman–Crippen MR) is 127 cm³/mol. The molecule has 31 heavy (non-hydrogen) atoms. The van der Waals surface area contributed by atoms with Crippen LogP contribution in [0.15, 0.2) is 46.9 Å². The Bertz CT molecular complexity index is 919. The standard InChI is InChI=1S/C22H26BrN3O4S/c1-4-11-29-19-10-7-16(12-18(19)23)20(27)24-22(31)26-25-21(28)15-5-8-17(9-6-15)30-13-14(2)3/h5-10,12,14H,4,11,13H2,1-3H3,(H,25,28)(H2,24,26,27,31). The van der Waals surface area contributed by atoms with E-state index in [1.54, 1.807) is 42.5 Å². The Kier molecular flexibility index (Phi) is 9.74.